The van der Waals surface area contributed by atoms with Crippen molar-refractivity contribution >= 4 is 5.91 Å². The summed E-state index contributed by atoms with van der Waals surface area (Å²) in [5, 5.41) is 9.79. The highest BCUT2D eigenvalue weighted by Crippen LogP contribution is 2.32. The van der Waals surface area contributed by atoms with Crippen LogP contribution in [0.1, 0.15) is 40.0 Å². The zero-order valence-corrected chi connectivity index (χ0v) is 10.9. The molecular weight excluding hydrogens is 202 g/mol. The average Bonchev–Trinajstić information content (AvgIpc) is 3.09. The van der Waals surface area contributed by atoms with Gasteiger partial charge in [-0.3, -0.25) is 4.79 Å². The molecule has 1 aliphatic carbocycles. The Morgan fingerprint density at radius 1 is 1.44 bits per heavy atom. The van der Waals surface area contributed by atoms with Crippen molar-refractivity contribution in [1.29, 1.82) is 0 Å². The van der Waals surface area contributed by atoms with E-state index in [4.69, 9.17) is 0 Å². The van der Waals surface area contributed by atoms with Gasteiger partial charge in [0.05, 0.1) is 6.10 Å². The summed E-state index contributed by atoms with van der Waals surface area (Å²) >= 11 is 0. The summed E-state index contributed by atoms with van der Waals surface area (Å²) in [5.74, 6) is 1.07. The summed E-state index contributed by atoms with van der Waals surface area (Å²) in [6.07, 6.45) is 2.93. The van der Waals surface area contributed by atoms with Gasteiger partial charge in [-0.15, -0.1) is 0 Å². The third-order valence-corrected chi connectivity index (χ3v) is 3.89. The SMILES string of the molecule is CCC(C)C(C)C(=O)N(C)CC(O)C1CC1. The number of aliphatic hydroxyl groups is 1. The van der Waals surface area contributed by atoms with Gasteiger partial charge in [0.25, 0.3) is 0 Å². The van der Waals surface area contributed by atoms with Crippen molar-refractivity contribution < 1.29 is 9.90 Å². The van der Waals surface area contributed by atoms with Crippen LogP contribution in [0.25, 0.3) is 0 Å². The summed E-state index contributed by atoms with van der Waals surface area (Å²) in [7, 11) is 1.80. The number of likely N-dealkylation sites (N-methyl/N-ethyl adjacent to an activating group) is 1. The first-order chi connectivity index (χ1) is 7.47. The molecule has 0 bridgehead atoms. The number of amides is 1. The van der Waals surface area contributed by atoms with Crippen molar-refractivity contribution in [3.8, 4) is 0 Å². The molecule has 1 amide bonds. The lowest BCUT2D eigenvalue weighted by Gasteiger charge is -2.26. The van der Waals surface area contributed by atoms with Gasteiger partial charge >= 0.3 is 0 Å². The van der Waals surface area contributed by atoms with Crippen LogP contribution >= 0.6 is 0 Å². The lowest BCUT2D eigenvalue weighted by Crippen LogP contribution is -2.39. The largest absolute Gasteiger partial charge is 0.391 e. The normalized spacial score (nSPS) is 21.3. The first kappa shape index (κ1) is 13.5. The molecule has 3 unspecified atom stereocenters. The van der Waals surface area contributed by atoms with Crippen molar-refractivity contribution in [3.63, 3.8) is 0 Å². The van der Waals surface area contributed by atoms with Crippen molar-refractivity contribution in [1.82, 2.24) is 4.90 Å². The van der Waals surface area contributed by atoms with Crippen LogP contribution in [0, 0.1) is 17.8 Å². The first-order valence-corrected chi connectivity index (χ1v) is 6.40. The van der Waals surface area contributed by atoms with Gasteiger partial charge < -0.3 is 10.0 Å². The van der Waals surface area contributed by atoms with Crippen LogP contribution in [0.2, 0.25) is 0 Å². The smallest absolute Gasteiger partial charge is 0.225 e. The number of hydrogen-bond donors (Lipinski definition) is 1. The lowest BCUT2D eigenvalue weighted by atomic mass is 9.92. The van der Waals surface area contributed by atoms with Crippen LogP contribution in [0.3, 0.4) is 0 Å². The third-order valence-electron chi connectivity index (χ3n) is 3.89. The van der Waals surface area contributed by atoms with Gasteiger partial charge in [0.15, 0.2) is 0 Å². The second-order valence-electron chi connectivity index (χ2n) is 5.30. The third kappa shape index (κ3) is 3.48. The summed E-state index contributed by atoms with van der Waals surface area (Å²) in [5.41, 5.74) is 0. The Labute approximate surface area is 98.8 Å². The van der Waals surface area contributed by atoms with Crippen LogP contribution in [0.4, 0.5) is 0 Å². The van der Waals surface area contributed by atoms with Crippen LogP contribution in [-0.4, -0.2) is 35.6 Å². The van der Waals surface area contributed by atoms with E-state index in [0.717, 1.165) is 19.3 Å². The van der Waals surface area contributed by atoms with E-state index in [1.165, 1.54) is 0 Å². The first-order valence-electron chi connectivity index (χ1n) is 6.40. The van der Waals surface area contributed by atoms with Crippen molar-refractivity contribution in [2.24, 2.45) is 17.8 Å². The zero-order valence-electron chi connectivity index (χ0n) is 10.9. The fraction of sp³-hybridized carbons (Fsp3) is 0.923. The number of nitrogens with zero attached hydrogens (tertiary/aromatic N) is 1. The van der Waals surface area contributed by atoms with Gasteiger partial charge in [0, 0.05) is 19.5 Å². The maximum Gasteiger partial charge on any atom is 0.225 e. The highest BCUT2D eigenvalue weighted by Gasteiger charge is 2.32. The molecule has 1 fully saturated rings. The van der Waals surface area contributed by atoms with E-state index in [1.54, 1.807) is 11.9 Å². The molecule has 1 N–H and O–H groups in total. The summed E-state index contributed by atoms with van der Waals surface area (Å²) in [4.78, 5) is 13.7. The molecular formula is C13H25NO2. The maximum atomic E-state index is 12.0. The molecule has 16 heavy (non-hydrogen) atoms. The minimum absolute atomic E-state index is 0.0569. The van der Waals surface area contributed by atoms with E-state index in [1.807, 2.05) is 6.92 Å². The molecule has 0 aliphatic heterocycles. The lowest BCUT2D eigenvalue weighted by molar-refractivity contribution is -0.136. The Balaban J connectivity index is 2.39. The standard InChI is InChI=1S/C13H25NO2/c1-5-9(2)10(3)13(16)14(4)8-12(15)11-6-7-11/h9-12,15H,5-8H2,1-4H3. The van der Waals surface area contributed by atoms with Crippen LogP contribution in [0.5, 0.6) is 0 Å². The fourth-order valence-electron chi connectivity index (χ4n) is 1.95. The summed E-state index contributed by atoms with van der Waals surface area (Å²) in [6.45, 7) is 6.68. The molecule has 3 nitrogen and oxygen atoms in total. The van der Waals surface area contributed by atoms with E-state index < -0.39 is 0 Å². The quantitative estimate of drug-likeness (QED) is 0.753. The Morgan fingerprint density at radius 3 is 2.44 bits per heavy atom. The Kier molecular flexibility index (Phi) is 4.78. The molecule has 1 rings (SSSR count). The van der Waals surface area contributed by atoms with Gasteiger partial charge in [-0.05, 0) is 24.7 Å². The van der Waals surface area contributed by atoms with Crippen LogP contribution in [0.15, 0.2) is 0 Å². The molecule has 3 atom stereocenters. The second kappa shape index (κ2) is 5.67. The Morgan fingerprint density at radius 2 is 2.00 bits per heavy atom. The molecule has 0 radical (unpaired) electrons. The fourth-order valence-corrected chi connectivity index (χ4v) is 1.95. The van der Waals surface area contributed by atoms with Gasteiger partial charge in [-0.2, -0.15) is 0 Å². The highest BCUT2D eigenvalue weighted by molar-refractivity contribution is 5.78. The van der Waals surface area contributed by atoms with Gasteiger partial charge in [-0.25, -0.2) is 0 Å². The van der Waals surface area contributed by atoms with Crippen molar-refractivity contribution in [2.75, 3.05) is 13.6 Å². The molecule has 0 heterocycles. The predicted octanol–water partition coefficient (Wildman–Crippen LogP) is 1.90. The number of carbonyl (C=O) groups is 1. The van der Waals surface area contributed by atoms with Crippen LogP contribution < -0.4 is 0 Å². The van der Waals surface area contributed by atoms with E-state index >= 15 is 0 Å². The van der Waals surface area contributed by atoms with E-state index in [-0.39, 0.29) is 17.9 Å². The molecule has 1 aliphatic rings. The van der Waals surface area contributed by atoms with Gasteiger partial charge in [0.1, 0.15) is 0 Å². The van der Waals surface area contributed by atoms with E-state index in [9.17, 15) is 9.90 Å². The minimum atomic E-state index is -0.321. The number of aliphatic hydroxyl groups excluding tert-OH is 1. The topological polar surface area (TPSA) is 40.5 Å². The molecule has 0 spiro atoms. The number of rotatable bonds is 6. The Bertz CT molecular complexity index is 238. The summed E-state index contributed by atoms with van der Waals surface area (Å²) in [6, 6.07) is 0. The molecule has 0 saturated heterocycles. The van der Waals surface area contributed by atoms with Crippen molar-refractivity contribution in [2.45, 2.75) is 46.1 Å². The molecule has 94 valence electrons. The summed E-state index contributed by atoms with van der Waals surface area (Å²) < 4.78 is 0. The van der Waals surface area contributed by atoms with Gasteiger partial charge in [-0.1, -0.05) is 27.2 Å². The van der Waals surface area contributed by atoms with Crippen LogP contribution in [-0.2, 0) is 4.79 Å². The van der Waals surface area contributed by atoms with E-state index in [0.29, 0.717) is 18.4 Å². The molecule has 0 aromatic carbocycles. The monoisotopic (exact) mass is 227 g/mol. The molecule has 3 heteroatoms. The minimum Gasteiger partial charge on any atom is -0.391 e. The number of carbonyl (C=O) groups excluding carboxylic acids is 1. The zero-order chi connectivity index (χ0) is 12.3. The number of hydrogen-bond acceptors (Lipinski definition) is 2. The highest BCUT2D eigenvalue weighted by atomic mass is 16.3. The molecule has 0 aromatic rings. The Hall–Kier alpha value is -0.570. The molecule has 1 saturated carbocycles. The van der Waals surface area contributed by atoms with Gasteiger partial charge in [0.2, 0.25) is 5.91 Å². The van der Waals surface area contributed by atoms with Crippen molar-refractivity contribution in [3.05, 3.63) is 0 Å². The van der Waals surface area contributed by atoms with E-state index in [2.05, 4.69) is 13.8 Å². The maximum absolute atomic E-state index is 12.0. The second-order valence-corrected chi connectivity index (χ2v) is 5.30. The molecule has 0 aromatic heterocycles. The average molecular weight is 227 g/mol. The predicted molar refractivity (Wildman–Crippen MR) is 65.0 cm³/mol.